The van der Waals surface area contributed by atoms with Crippen LogP contribution in [0.4, 0.5) is 0 Å². The number of nitrogens with one attached hydrogen (secondary N) is 1. The van der Waals surface area contributed by atoms with Crippen LogP contribution in [-0.4, -0.2) is 34.9 Å². The molecule has 0 saturated carbocycles. The van der Waals surface area contributed by atoms with Crippen molar-refractivity contribution in [3.8, 4) is 0 Å². The van der Waals surface area contributed by atoms with Crippen LogP contribution in [0.1, 0.15) is 219 Å². The summed E-state index contributed by atoms with van der Waals surface area (Å²) in [5, 5.41) is 22.9. The van der Waals surface area contributed by atoms with Crippen LogP contribution in [0.25, 0.3) is 0 Å². The highest BCUT2D eigenvalue weighted by atomic mass is 16.3. The van der Waals surface area contributed by atoms with Crippen molar-refractivity contribution >= 4 is 5.91 Å². The van der Waals surface area contributed by atoms with Crippen molar-refractivity contribution in [2.24, 2.45) is 0 Å². The Kier molecular flexibility index (Phi) is 37.4. The molecule has 0 aromatic heterocycles. The molecule has 2 unspecified atom stereocenters. The largest absolute Gasteiger partial charge is 0.394 e. The van der Waals surface area contributed by atoms with E-state index in [1.807, 2.05) is 6.08 Å². The predicted molar refractivity (Wildman–Crippen MR) is 202 cm³/mol. The maximum absolute atomic E-state index is 12.3. The summed E-state index contributed by atoms with van der Waals surface area (Å²) in [7, 11) is 0. The van der Waals surface area contributed by atoms with Crippen molar-refractivity contribution in [2.75, 3.05) is 6.61 Å². The minimum atomic E-state index is -0.857. The van der Waals surface area contributed by atoms with E-state index in [0.29, 0.717) is 6.42 Å². The average molecular weight is 648 g/mol. The van der Waals surface area contributed by atoms with Gasteiger partial charge in [-0.2, -0.15) is 0 Å². The topological polar surface area (TPSA) is 69.6 Å². The highest BCUT2D eigenvalue weighted by molar-refractivity contribution is 5.76. The van der Waals surface area contributed by atoms with Crippen molar-refractivity contribution < 1.29 is 15.0 Å². The zero-order valence-electron chi connectivity index (χ0n) is 31.1. The van der Waals surface area contributed by atoms with Gasteiger partial charge >= 0.3 is 0 Å². The molecule has 4 nitrogen and oxygen atoms in total. The molecule has 3 N–H and O–H groups in total. The molecule has 2 atom stereocenters. The maximum Gasteiger partial charge on any atom is 0.220 e. The van der Waals surface area contributed by atoms with Crippen LogP contribution in [0.15, 0.2) is 24.3 Å². The average Bonchev–Trinajstić information content (AvgIpc) is 3.06. The van der Waals surface area contributed by atoms with E-state index >= 15 is 0 Å². The van der Waals surface area contributed by atoms with Gasteiger partial charge in [0.15, 0.2) is 0 Å². The molecule has 0 radical (unpaired) electrons. The first-order chi connectivity index (χ1) is 22.7. The summed E-state index contributed by atoms with van der Waals surface area (Å²) in [5.74, 6) is -0.0715. The van der Waals surface area contributed by atoms with Crippen LogP contribution in [0.5, 0.6) is 0 Å². The number of allylic oxidation sites excluding steroid dienone is 3. The normalized spacial score (nSPS) is 13.2. The fourth-order valence-electron chi connectivity index (χ4n) is 6.25. The van der Waals surface area contributed by atoms with Gasteiger partial charge in [0.05, 0.1) is 18.8 Å². The van der Waals surface area contributed by atoms with E-state index < -0.39 is 12.1 Å². The maximum atomic E-state index is 12.3. The van der Waals surface area contributed by atoms with E-state index in [0.717, 1.165) is 32.1 Å². The summed E-state index contributed by atoms with van der Waals surface area (Å²) in [4.78, 5) is 12.3. The molecule has 0 aliphatic carbocycles. The molecule has 0 fully saturated rings. The zero-order valence-corrected chi connectivity index (χ0v) is 31.1. The number of carbonyl (C=O) groups is 1. The minimum Gasteiger partial charge on any atom is -0.394 e. The third kappa shape index (κ3) is 34.2. The van der Waals surface area contributed by atoms with Crippen molar-refractivity contribution in [1.29, 1.82) is 0 Å². The molecular weight excluding hydrogens is 566 g/mol. The van der Waals surface area contributed by atoms with Gasteiger partial charge in [-0.15, -0.1) is 0 Å². The zero-order chi connectivity index (χ0) is 33.6. The highest BCUT2D eigenvalue weighted by Gasteiger charge is 2.17. The number of rotatable bonds is 37. The third-order valence-electron chi connectivity index (χ3n) is 9.44. The van der Waals surface area contributed by atoms with Crippen molar-refractivity contribution in [1.82, 2.24) is 5.32 Å². The molecule has 0 aliphatic rings. The summed E-state index contributed by atoms with van der Waals surface area (Å²) in [6.45, 7) is 4.30. The monoisotopic (exact) mass is 648 g/mol. The lowest BCUT2D eigenvalue weighted by atomic mass is 10.0. The number of aliphatic hydroxyl groups excluding tert-OH is 2. The van der Waals surface area contributed by atoms with E-state index in [-0.39, 0.29) is 12.5 Å². The van der Waals surface area contributed by atoms with E-state index in [1.165, 1.54) is 167 Å². The second-order valence-electron chi connectivity index (χ2n) is 14.1. The molecule has 0 spiro atoms. The Morgan fingerprint density at radius 3 is 1.26 bits per heavy atom. The number of hydrogen-bond acceptors (Lipinski definition) is 3. The van der Waals surface area contributed by atoms with Gasteiger partial charge < -0.3 is 15.5 Å². The standard InChI is InChI=1S/C42H81NO3/c1-3-5-7-9-11-13-15-17-19-21-23-25-27-29-31-33-35-37-41(45)40(39-44)43-42(46)38-36-34-32-30-28-26-24-22-20-18-16-14-12-10-8-6-4-2/h27,29,35,37,40-41,44-45H,3-26,28,30-34,36,38-39H2,1-2H3,(H,43,46)/b29-27+,37-35+. The van der Waals surface area contributed by atoms with E-state index in [4.69, 9.17) is 0 Å². The third-order valence-corrected chi connectivity index (χ3v) is 9.44. The molecule has 0 aromatic rings. The van der Waals surface area contributed by atoms with Crippen LogP contribution in [0, 0.1) is 0 Å². The van der Waals surface area contributed by atoms with Gasteiger partial charge in [-0.05, 0) is 32.1 Å². The molecule has 0 saturated heterocycles. The molecule has 1 amide bonds. The van der Waals surface area contributed by atoms with Gasteiger partial charge in [-0.25, -0.2) is 0 Å². The smallest absolute Gasteiger partial charge is 0.220 e. The number of amides is 1. The summed E-state index contributed by atoms with van der Waals surface area (Å²) in [6, 6.07) is -0.633. The van der Waals surface area contributed by atoms with Gasteiger partial charge in [0, 0.05) is 6.42 Å². The summed E-state index contributed by atoms with van der Waals surface area (Å²) < 4.78 is 0. The first-order valence-electron chi connectivity index (χ1n) is 20.6. The van der Waals surface area contributed by atoms with Crippen LogP contribution in [-0.2, 0) is 4.79 Å². The number of aliphatic hydroxyl groups is 2. The van der Waals surface area contributed by atoms with E-state index in [9.17, 15) is 15.0 Å². The molecular formula is C42H81NO3. The summed E-state index contributed by atoms with van der Waals surface area (Å²) in [6.07, 6.45) is 48.5. The lowest BCUT2D eigenvalue weighted by molar-refractivity contribution is -0.123. The fraction of sp³-hybridized carbons (Fsp3) is 0.881. The van der Waals surface area contributed by atoms with Gasteiger partial charge in [0.2, 0.25) is 5.91 Å². The molecule has 4 heteroatoms. The number of carbonyl (C=O) groups excluding carboxylic acids is 1. The fourth-order valence-corrected chi connectivity index (χ4v) is 6.25. The van der Waals surface area contributed by atoms with Crippen LogP contribution in [0.3, 0.4) is 0 Å². The Labute approximate surface area is 288 Å². The Hall–Kier alpha value is -1.13. The highest BCUT2D eigenvalue weighted by Crippen LogP contribution is 2.15. The van der Waals surface area contributed by atoms with Gasteiger partial charge in [-0.1, -0.05) is 205 Å². The van der Waals surface area contributed by atoms with Crippen LogP contribution in [0.2, 0.25) is 0 Å². The lowest BCUT2D eigenvalue weighted by Gasteiger charge is -2.19. The Morgan fingerprint density at radius 2 is 0.848 bits per heavy atom. The molecule has 272 valence electrons. The second kappa shape index (κ2) is 38.3. The predicted octanol–water partition coefficient (Wildman–Crippen LogP) is 12.5. The first kappa shape index (κ1) is 44.9. The van der Waals surface area contributed by atoms with Crippen molar-refractivity contribution in [3.63, 3.8) is 0 Å². The molecule has 0 heterocycles. The Bertz CT molecular complexity index is 661. The van der Waals surface area contributed by atoms with E-state index in [1.54, 1.807) is 6.08 Å². The number of unbranched alkanes of at least 4 members (excludes halogenated alkanes) is 28. The van der Waals surface area contributed by atoms with E-state index in [2.05, 4.69) is 31.3 Å². The number of hydrogen-bond donors (Lipinski definition) is 3. The SMILES string of the molecule is CCCCCCCCCCCCC/C=C/CC/C=C/C(O)C(CO)NC(=O)CCCCCCCCCCCCCCCCCCC. The Morgan fingerprint density at radius 1 is 0.500 bits per heavy atom. The van der Waals surface area contributed by atoms with Crippen LogP contribution < -0.4 is 5.32 Å². The summed E-state index contributed by atoms with van der Waals surface area (Å²) in [5.41, 5.74) is 0. The van der Waals surface area contributed by atoms with Gasteiger partial charge in [0.25, 0.3) is 0 Å². The second-order valence-corrected chi connectivity index (χ2v) is 14.1. The van der Waals surface area contributed by atoms with Crippen molar-refractivity contribution in [3.05, 3.63) is 24.3 Å². The van der Waals surface area contributed by atoms with Gasteiger partial charge in [0.1, 0.15) is 0 Å². The molecule has 0 rings (SSSR count). The molecule has 0 aliphatic heterocycles. The quantitative estimate of drug-likeness (QED) is 0.0464. The molecule has 0 aromatic carbocycles. The first-order valence-corrected chi connectivity index (χ1v) is 20.6. The lowest BCUT2D eigenvalue weighted by Crippen LogP contribution is -2.45. The Balaban J connectivity index is 3.61. The molecule has 46 heavy (non-hydrogen) atoms. The molecule has 0 bridgehead atoms. The van der Waals surface area contributed by atoms with Crippen LogP contribution >= 0.6 is 0 Å². The minimum absolute atomic E-state index is 0.0715. The van der Waals surface area contributed by atoms with Crippen molar-refractivity contribution in [2.45, 2.75) is 231 Å². The van der Waals surface area contributed by atoms with Gasteiger partial charge in [-0.3, -0.25) is 4.79 Å². The summed E-state index contributed by atoms with van der Waals surface area (Å²) >= 11 is 0.